The average Bonchev–Trinajstić information content (AvgIpc) is 3.28. The highest BCUT2D eigenvalue weighted by Crippen LogP contribution is 2.29. The molecule has 9 heteroatoms. The van der Waals surface area contributed by atoms with Crippen molar-refractivity contribution in [2.45, 2.75) is 102 Å². The summed E-state index contributed by atoms with van der Waals surface area (Å²) in [6.07, 6.45) is 5.81. The predicted molar refractivity (Wildman–Crippen MR) is 121 cm³/mol. The van der Waals surface area contributed by atoms with Crippen LogP contribution in [0.2, 0.25) is 64.5 Å². The number of epoxide rings is 2. The second-order valence-electron chi connectivity index (χ2n) is 10.3. The highest BCUT2D eigenvalue weighted by atomic mass is 28.5. The first-order valence-electron chi connectivity index (χ1n) is 10.6. The first kappa shape index (κ1) is 23.9. The lowest BCUT2D eigenvalue weighted by atomic mass is 10.3. The third-order valence-corrected chi connectivity index (χ3v) is 20.4. The van der Waals surface area contributed by atoms with E-state index in [2.05, 4.69) is 52.4 Å². The van der Waals surface area contributed by atoms with Gasteiger partial charge in [-0.2, -0.15) is 0 Å². The van der Waals surface area contributed by atoms with Crippen LogP contribution in [-0.4, -0.2) is 59.2 Å². The van der Waals surface area contributed by atoms with Crippen LogP contribution < -0.4 is 0 Å². The molecule has 2 aliphatic rings. The summed E-state index contributed by atoms with van der Waals surface area (Å²) in [5.41, 5.74) is 0. The van der Waals surface area contributed by atoms with Crippen LogP contribution in [0, 0.1) is 0 Å². The van der Waals surface area contributed by atoms with E-state index in [9.17, 15) is 0 Å². The van der Waals surface area contributed by atoms with Crippen molar-refractivity contribution in [3.05, 3.63) is 0 Å². The molecule has 0 N–H and O–H groups in total. The zero-order valence-electron chi connectivity index (χ0n) is 18.9. The zero-order chi connectivity index (χ0) is 20.3. The average molecular weight is 451 g/mol. The Balaban J connectivity index is 1.77. The minimum Gasteiger partial charge on any atom is -0.436 e. The van der Waals surface area contributed by atoms with Gasteiger partial charge in [0.15, 0.2) is 16.6 Å². The van der Waals surface area contributed by atoms with Crippen molar-refractivity contribution in [1.29, 1.82) is 0 Å². The van der Waals surface area contributed by atoms with Crippen molar-refractivity contribution < 1.29 is 21.8 Å². The largest absolute Gasteiger partial charge is 0.436 e. The van der Waals surface area contributed by atoms with E-state index >= 15 is 0 Å². The van der Waals surface area contributed by atoms with Gasteiger partial charge in [-0.1, -0.05) is 12.8 Å². The lowest BCUT2D eigenvalue weighted by Gasteiger charge is -2.41. The van der Waals surface area contributed by atoms with Crippen molar-refractivity contribution in [1.82, 2.24) is 0 Å². The molecule has 27 heavy (non-hydrogen) atoms. The summed E-state index contributed by atoms with van der Waals surface area (Å²) in [7, 11) is -7.85. The lowest BCUT2D eigenvalue weighted by Crippen LogP contribution is -2.56. The van der Waals surface area contributed by atoms with Crippen LogP contribution in [0.1, 0.15) is 25.7 Å². The van der Waals surface area contributed by atoms with E-state index < -0.39 is 33.8 Å². The quantitative estimate of drug-likeness (QED) is 0.269. The molecule has 0 radical (unpaired) electrons. The molecule has 2 unspecified atom stereocenters. The van der Waals surface area contributed by atoms with E-state index in [0.717, 1.165) is 13.2 Å². The molecule has 0 saturated carbocycles. The molecule has 2 heterocycles. The van der Waals surface area contributed by atoms with Gasteiger partial charge in [-0.15, -0.1) is 0 Å². The first-order chi connectivity index (χ1) is 12.3. The van der Waals surface area contributed by atoms with E-state index in [1.165, 1.54) is 37.8 Å². The molecule has 2 rings (SSSR count). The van der Waals surface area contributed by atoms with Crippen LogP contribution in [0.5, 0.6) is 0 Å². The van der Waals surface area contributed by atoms with Gasteiger partial charge in [0.1, 0.15) is 0 Å². The van der Waals surface area contributed by atoms with E-state index in [1.54, 1.807) is 0 Å². The van der Waals surface area contributed by atoms with Gasteiger partial charge in [0.05, 0.1) is 25.4 Å². The van der Waals surface area contributed by atoms with Crippen LogP contribution in [-0.2, 0) is 21.8 Å². The summed E-state index contributed by atoms with van der Waals surface area (Å²) in [6.45, 7) is 20.0. The van der Waals surface area contributed by atoms with Gasteiger partial charge in [0.2, 0.25) is 0 Å². The number of ether oxygens (including phenoxy) is 2. The molecular weight excluding hydrogens is 409 g/mol. The van der Waals surface area contributed by atoms with E-state index in [0.29, 0.717) is 12.2 Å². The Bertz CT molecular complexity index is 434. The molecule has 2 fully saturated rings. The minimum absolute atomic E-state index is 0.523. The van der Waals surface area contributed by atoms with Crippen molar-refractivity contribution in [2.75, 3.05) is 13.2 Å². The first-order valence-corrected chi connectivity index (χ1v) is 22.5. The molecule has 160 valence electrons. The third kappa shape index (κ3) is 10.9. The normalized spacial score (nSPS) is 23.6. The molecule has 0 bridgehead atoms. The smallest absolute Gasteiger partial charge is 0.312 e. The SMILES string of the molecule is C[Si](C)(CCCC1CO1)O[Si](C)(C)O[Si](C)(C)O[Si](C)(C)CCCC1CO1. The summed E-state index contributed by atoms with van der Waals surface area (Å²) in [6, 6.07) is 2.36. The van der Waals surface area contributed by atoms with Gasteiger partial charge < -0.3 is 21.8 Å². The molecule has 0 aromatic carbocycles. The second kappa shape index (κ2) is 9.21. The summed E-state index contributed by atoms with van der Waals surface area (Å²) in [5, 5.41) is 0. The Hall–Kier alpha value is 0.668. The standard InChI is InChI=1S/C18H42O5Si4/c1-24(2,13-9-11-17-15-19-17)21-26(5,6)23-27(7,8)22-25(3,4)14-10-12-18-16-20-18/h17-18H,9-16H2,1-8H3. The molecule has 2 atom stereocenters. The summed E-state index contributed by atoms with van der Waals surface area (Å²) < 4.78 is 30.6. The Morgan fingerprint density at radius 2 is 0.963 bits per heavy atom. The fourth-order valence-corrected chi connectivity index (χ4v) is 23.4. The molecule has 0 aliphatic carbocycles. The summed E-state index contributed by atoms with van der Waals surface area (Å²) >= 11 is 0. The number of hydrogen-bond acceptors (Lipinski definition) is 5. The molecule has 5 nitrogen and oxygen atoms in total. The van der Waals surface area contributed by atoms with E-state index in [4.69, 9.17) is 21.8 Å². The third-order valence-electron chi connectivity index (χ3n) is 4.95. The van der Waals surface area contributed by atoms with E-state index in [1.807, 2.05) is 0 Å². The van der Waals surface area contributed by atoms with Gasteiger partial charge in [-0.25, -0.2) is 0 Å². The molecule has 0 amide bonds. The van der Waals surface area contributed by atoms with Crippen molar-refractivity contribution in [3.8, 4) is 0 Å². The van der Waals surface area contributed by atoms with Crippen LogP contribution >= 0.6 is 0 Å². The van der Waals surface area contributed by atoms with Crippen molar-refractivity contribution in [3.63, 3.8) is 0 Å². The number of hydrogen-bond donors (Lipinski definition) is 0. The molecule has 2 aliphatic heterocycles. The Kier molecular flexibility index (Phi) is 8.17. The molecule has 2 saturated heterocycles. The lowest BCUT2D eigenvalue weighted by molar-refractivity contribution is 0.326. The fourth-order valence-electron chi connectivity index (χ4n) is 4.05. The zero-order valence-corrected chi connectivity index (χ0v) is 22.9. The van der Waals surface area contributed by atoms with Crippen molar-refractivity contribution in [2.24, 2.45) is 0 Å². The second-order valence-corrected chi connectivity index (χ2v) is 26.4. The molecule has 0 aromatic rings. The Labute approximate surface area is 171 Å². The van der Waals surface area contributed by atoms with Gasteiger partial charge in [-0.05, 0) is 77.3 Å². The predicted octanol–water partition coefficient (Wildman–Crippen LogP) is 5.21. The van der Waals surface area contributed by atoms with Gasteiger partial charge in [0.25, 0.3) is 0 Å². The Morgan fingerprint density at radius 3 is 1.26 bits per heavy atom. The molecule has 0 spiro atoms. The highest BCUT2D eigenvalue weighted by Gasteiger charge is 2.43. The summed E-state index contributed by atoms with van der Waals surface area (Å²) in [4.78, 5) is 0. The fraction of sp³-hybridized carbons (Fsp3) is 1.00. The monoisotopic (exact) mass is 450 g/mol. The Morgan fingerprint density at radius 1 is 0.630 bits per heavy atom. The van der Waals surface area contributed by atoms with Crippen LogP contribution in [0.15, 0.2) is 0 Å². The summed E-state index contributed by atoms with van der Waals surface area (Å²) in [5.74, 6) is 0. The maximum atomic E-state index is 6.67. The molecule has 0 aromatic heterocycles. The van der Waals surface area contributed by atoms with Gasteiger partial charge in [0, 0.05) is 0 Å². The highest BCUT2D eigenvalue weighted by molar-refractivity contribution is 6.89. The van der Waals surface area contributed by atoms with Gasteiger partial charge in [-0.3, -0.25) is 0 Å². The topological polar surface area (TPSA) is 52.8 Å². The van der Waals surface area contributed by atoms with E-state index in [-0.39, 0.29) is 0 Å². The van der Waals surface area contributed by atoms with Crippen LogP contribution in [0.3, 0.4) is 0 Å². The van der Waals surface area contributed by atoms with Crippen molar-refractivity contribution >= 4 is 33.8 Å². The number of rotatable bonds is 14. The molecular formula is C18H42O5Si4. The van der Waals surface area contributed by atoms with Crippen LogP contribution in [0.4, 0.5) is 0 Å². The van der Waals surface area contributed by atoms with Gasteiger partial charge >= 0.3 is 17.1 Å². The maximum Gasteiger partial charge on any atom is 0.312 e. The minimum atomic E-state index is -2.21. The maximum absolute atomic E-state index is 6.67. The van der Waals surface area contributed by atoms with Crippen LogP contribution in [0.25, 0.3) is 0 Å².